The molecule has 342 valence electrons. The Kier molecular flexibility index (Phi) is 14.9. The van der Waals surface area contributed by atoms with Crippen molar-refractivity contribution in [1.82, 2.24) is 43.6 Å². The molecule has 2 aliphatic rings. The Morgan fingerprint density at radius 3 is 1.58 bits per heavy atom. The molecule has 2 fully saturated rings. The van der Waals surface area contributed by atoms with E-state index in [1.165, 1.54) is 32.1 Å². The summed E-state index contributed by atoms with van der Waals surface area (Å²) < 4.78 is 3.76. The molecule has 6 aromatic heterocycles. The molecule has 10 nitrogen and oxygen atoms in total. The third kappa shape index (κ3) is 10.8. The zero-order valence-corrected chi connectivity index (χ0v) is 41.5. The lowest BCUT2D eigenvalue weighted by atomic mass is 9.78. The van der Waals surface area contributed by atoms with Gasteiger partial charge in [0.25, 0.3) is 0 Å². The average molecular weight is 983 g/mol. The summed E-state index contributed by atoms with van der Waals surface area (Å²) in [6, 6.07) is 19.3. The Morgan fingerprint density at radius 2 is 1.08 bits per heavy atom. The average Bonchev–Trinajstić information content (AvgIpc) is 4.01. The number of nitrogens with one attached hydrogen (secondary N) is 1. The fourth-order valence-electron chi connectivity index (χ4n) is 8.89. The van der Waals surface area contributed by atoms with E-state index < -0.39 is 0 Å². The smallest absolute Gasteiger partial charge is 0.209 e. The lowest BCUT2D eigenvalue weighted by Gasteiger charge is -2.43. The number of benzene rings is 2. The van der Waals surface area contributed by atoms with Crippen LogP contribution in [-0.2, 0) is 0 Å². The van der Waals surface area contributed by atoms with Gasteiger partial charge >= 0.3 is 0 Å². The van der Waals surface area contributed by atoms with Crippen LogP contribution in [0.4, 0.5) is 5.95 Å². The number of hydrogen-bond donors (Lipinski definition) is 1. The van der Waals surface area contributed by atoms with Gasteiger partial charge in [0.2, 0.25) is 11.2 Å². The van der Waals surface area contributed by atoms with Crippen LogP contribution < -0.4 is 5.32 Å². The van der Waals surface area contributed by atoms with Crippen LogP contribution in [0.1, 0.15) is 79.6 Å². The van der Waals surface area contributed by atoms with Crippen LogP contribution in [0.15, 0.2) is 110 Å². The minimum atomic E-state index is -0.104. The molecule has 0 radical (unpaired) electrons. The van der Waals surface area contributed by atoms with Gasteiger partial charge < -0.3 is 5.32 Å². The zero-order valence-electron chi connectivity index (χ0n) is 37.7. The van der Waals surface area contributed by atoms with Crippen molar-refractivity contribution in [3.8, 4) is 44.8 Å². The van der Waals surface area contributed by atoms with Crippen molar-refractivity contribution in [3.05, 3.63) is 136 Å². The number of pyridine rings is 2. The molecule has 10 rings (SSSR count). The number of fused-ring (bicyclic) bond motifs is 2. The van der Waals surface area contributed by atoms with Crippen molar-refractivity contribution in [2.45, 2.75) is 91.1 Å². The van der Waals surface area contributed by atoms with E-state index in [4.69, 9.17) is 68.0 Å². The van der Waals surface area contributed by atoms with Gasteiger partial charge in [-0.05, 0) is 130 Å². The van der Waals surface area contributed by atoms with E-state index in [1.54, 1.807) is 53.7 Å². The molecule has 1 N–H and O–H groups in total. The van der Waals surface area contributed by atoms with Crippen molar-refractivity contribution in [1.29, 1.82) is 0 Å². The fraction of sp³-hybridized carbons (Fsp3) is 0.333. The number of likely N-dealkylation sites (tertiary alicyclic amines) is 1. The van der Waals surface area contributed by atoms with Crippen molar-refractivity contribution in [2.75, 3.05) is 18.4 Å². The molecule has 1 atom stereocenters. The predicted octanol–water partition coefficient (Wildman–Crippen LogP) is 14.8. The maximum absolute atomic E-state index is 6.40. The third-order valence-corrected chi connectivity index (χ3v) is 14.2. The summed E-state index contributed by atoms with van der Waals surface area (Å²) in [6.45, 7) is 13.6. The second-order valence-corrected chi connectivity index (χ2v) is 20.3. The number of hydrogen-bond acceptors (Lipinski definition) is 8. The van der Waals surface area contributed by atoms with Crippen LogP contribution in [-0.4, -0.2) is 68.3 Å². The van der Waals surface area contributed by atoms with E-state index >= 15 is 0 Å². The van der Waals surface area contributed by atoms with Crippen molar-refractivity contribution < 1.29 is 0 Å². The van der Waals surface area contributed by atoms with E-state index in [0.29, 0.717) is 48.2 Å². The second kappa shape index (κ2) is 20.6. The fourth-order valence-corrected chi connectivity index (χ4v) is 9.70. The number of piperidine rings is 1. The van der Waals surface area contributed by atoms with Crippen LogP contribution in [0.2, 0.25) is 25.4 Å². The van der Waals surface area contributed by atoms with Crippen LogP contribution in [0.25, 0.3) is 56.1 Å². The van der Waals surface area contributed by atoms with E-state index in [1.807, 2.05) is 65.3 Å². The van der Waals surface area contributed by atoms with E-state index in [-0.39, 0.29) is 5.54 Å². The first-order valence-corrected chi connectivity index (χ1v) is 24.2. The number of aromatic nitrogens is 8. The summed E-state index contributed by atoms with van der Waals surface area (Å²) in [6.07, 6.45) is 23.7. The lowest BCUT2D eigenvalue weighted by molar-refractivity contribution is 0.137. The number of nitrogens with zero attached hydrogens (tertiary/aromatic N) is 9. The predicted molar refractivity (Wildman–Crippen MR) is 273 cm³/mol. The standard InChI is InChI=1S/C26H28Cl2N6.C17H9Cl3N4.C8H16/c1-17(2)33-13-4-9-26(3,16-33)32-25-31-23(18-7-10-29-11-8-18)22(24-30-12-14-34(24)25)19-5-6-20(27)21(28)15-19;18-12-2-1-11(9-13(12)19)14-15(10-3-5-21-6-4-10)23-17(20)24-8-7-22-16(14)24;1-8(2)6-4-3-5-7-8/h5-8,10-12,14-15,17H,4,9,13,16H2,1-3H3,(H,31,32);1-9H;3-7H2,1-2H3/t26-;;/m0../s1. The van der Waals surface area contributed by atoms with E-state index in [0.717, 1.165) is 76.6 Å². The molecule has 1 saturated heterocycles. The highest BCUT2D eigenvalue weighted by molar-refractivity contribution is 6.42. The number of halogens is 5. The first-order valence-electron chi connectivity index (χ1n) is 22.3. The van der Waals surface area contributed by atoms with Gasteiger partial charge in [-0.1, -0.05) is 91.6 Å². The summed E-state index contributed by atoms with van der Waals surface area (Å²) >= 11 is 31.2. The molecule has 0 bridgehead atoms. The molecule has 8 aromatic rings. The maximum atomic E-state index is 6.40. The van der Waals surface area contributed by atoms with Gasteiger partial charge in [-0.2, -0.15) is 0 Å². The molecule has 0 spiro atoms. The second-order valence-electron chi connectivity index (χ2n) is 18.3. The Morgan fingerprint density at radius 1 is 0.561 bits per heavy atom. The van der Waals surface area contributed by atoms with Crippen LogP contribution in [0.5, 0.6) is 0 Å². The largest absolute Gasteiger partial charge is 0.349 e. The van der Waals surface area contributed by atoms with Crippen LogP contribution in [0, 0.1) is 5.41 Å². The molecular weight excluding hydrogens is 930 g/mol. The van der Waals surface area contributed by atoms with Crippen LogP contribution >= 0.6 is 58.0 Å². The molecule has 1 aliphatic carbocycles. The summed E-state index contributed by atoms with van der Waals surface area (Å²) in [5.74, 6) is 0.774. The Labute approximate surface area is 411 Å². The monoisotopic (exact) mass is 980 g/mol. The van der Waals surface area contributed by atoms with Crippen molar-refractivity contribution in [2.24, 2.45) is 5.41 Å². The highest BCUT2D eigenvalue weighted by Gasteiger charge is 2.33. The quantitative estimate of drug-likeness (QED) is 0.158. The van der Waals surface area contributed by atoms with Crippen molar-refractivity contribution in [3.63, 3.8) is 0 Å². The normalized spacial score (nSPS) is 17.3. The molecule has 1 aliphatic heterocycles. The zero-order chi connectivity index (χ0) is 46.6. The van der Waals surface area contributed by atoms with Crippen molar-refractivity contribution >= 4 is 75.2 Å². The number of anilines is 1. The Balaban J connectivity index is 0.000000160. The first kappa shape index (κ1) is 47.7. The highest BCUT2D eigenvalue weighted by Crippen LogP contribution is 2.40. The Hall–Kier alpha value is -4.81. The van der Waals surface area contributed by atoms with E-state index in [9.17, 15) is 0 Å². The minimum Gasteiger partial charge on any atom is -0.349 e. The van der Waals surface area contributed by atoms with Gasteiger partial charge in [0.1, 0.15) is 11.3 Å². The Bertz CT molecular complexity index is 2930. The SMILES string of the molecule is CC(C)N1CCC[C@](C)(Nc2nc(-c3ccncc3)c(-c3ccc(Cl)c(Cl)c3)c3nccn23)C1.CC1(C)CCCCC1.Clc1ccc(-c2c(-c3ccncc3)nc(Cl)n3ccnc23)cc1Cl. The highest BCUT2D eigenvalue weighted by atomic mass is 35.5. The van der Waals surface area contributed by atoms with E-state index in [2.05, 4.69) is 64.8 Å². The molecule has 1 saturated carbocycles. The molecular formula is C51H53Cl5N10. The van der Waals surface area contributed by atoms with Crippen LogP contribution in [0.3, 0.4) is 0 Å². The van der Waals surface area contributed by atoms with Gasteiger partial charge in [-0.15, -0.1) is 0 Å². The topological polar surface area (TPSA) is 101 Å². The van der Waals surface area contributed by atoms with Gasteiger partial charge in [0.15, 0.2) is 0 Å². The minimum absolute atomic E-state index is 0.104. The summed E-state index contributed by atoms with van der Waals surface area (Å²) in [4.78, 5) is 29.7. The third-order valence-electron chi connectivity index (χ3n) is 12.5. The maximum Gasteiger partial charge on any atom is 0.209 e. The first-order chi connectivity index (χ1) is 31.7. The van der Waals surface area contributed by atoms with Gasteiger partial charge in [0.05, 0.1) is 48.1 Å². The molecule has 66 heavy (non-hydrogen) atoms. The molecule has 2 aromatic carbocycles. The number of rotatable bonds is 7. The summed E-state index contributed by atoms with van der Waals surface area (Å²) in [7, 11) is 0. The summed E-state index contributed by atoms with van der Waals surface area (Å²) in [5, 5.41) is 6.09. The van der Waals surface area contributed by atoms with Gasteiger partial charge in [-0.25, -0.2) is 19.9 Å². The lowest BCUT2D eigenvalue weighted by Crippen LogP contribution is -2.53. The molecule has 0 unspecified atom stereocenters. The molecule has 0 amide bonds. The number of imidazole rings is 2. The van der Waals surface area contributed by atoms with Gasteiger partial charge in [-0.3, -0.25) is 23.7 Å². The molecule has 15 heteroatoms. The van der Waals surface area contributed by atoms with Gasteiger partial charge in [0, 0.05) is 73.3 Å². The summed E-state index contributed by atoms with van der Waals surface area (Å²) in [5.41, 5.74) is 8.95. The molecule has 7 heterocycles.